The van der Waals surface area contributed by atoms with Gasteiger partial charge in [-0.2, -0.15) is 0 Å². The summed E-state index contributed by atoms with van der Waals surface area (Å²) in [6.07, 6.45) is 3.21. The van der Waals surface area contributed by atoms with Crippen molar-refractivity contribution in [2.45, 2.75) is 31.7 Å². The molecule has 0 aliphatic heterocycles. The first kappa shape index (κ1) is 29.0. The Kier molecular flexibility index (Phi) is 12.7. The van der Waals surface area contributed by atoms with E-state index in [0.29, 0.717) is 24.9 Å². The summed E-state index contributed by atoms with van der Waals surface area (Å²) >= 11 is 0. The van der Waals surface area contributed by atoms with E-state index in [-0.39, 0.29) is 48.4 Å². The number of carboxylic acids is 1. The number of carbonyl (C=O) groups is 3. The van der Waals surface area contributed by atoms with Crippen LogP contribution in [0.1, 0.15) is 37.3 Å². The molecule has 0 saturated heterocycles. The summed E-state index contributed by atoms with van der Waals surface area (Å²) in [5, 5.41) is 17.8. The van der Waals surface area contributed by atoms with E-state index in [0.717, 1.165) is 23.4 Å². The van der Waals surface area contributed by atoms with E-state index >= 15 is 0 Å². The Morgan fingerprint density at radius 1 is 0.833 bits per heavy atom. The summed E-state index contributed by atoms with van der Waals surface area (Å²) in [4.78, 5) is 40.0. The van der Waals surface area contributed by atoms with Gasteiger partial charge < -0.3 is 21.1 Å². The quantitative estimate of drug-likeness (QED) is 0.212. The summed E-state index contributed by atoms with van der Waals surface area (Å²) in [7, 11) is 0. The second kappa shape index (κ2) is 15.7. The van der Waals surface area contributed by atoms with Crippen LogP contribution in [0.2, 0.25) is 0 Å². The molecule has 2 amide bonds. The second-order valence-corrected chi connectivity index (χ2v) is 8.08. The van der Waals surface area contributed by atoms with Gasteiger partial charge in [0.2, 0.25) is 11.8 Å². The van der Waals surface area contributed by atoms with Gasteiger partial charge >= 0.3 is 5.97 Å². The molecule has 1 atom stereocenters. The minimum Gasteiger partial charge on any atom is -0.481 e. The smallest absolute Gasteiger partial charge is 0.305 e. The Balaban J connectivity index is 0.00000456. The molecule has 9 heteroatoms. The van der Waals surface area contributed by atoms with Crippen LogP contribution in [0.3, 0.4) is 0 Å². The van der Waals surface area contributed by atoms with Crippen molar-refractivity contribution in [2.24, 2.45) is 0 Å². The van der Waals surface area contributed by atoms with Gasteiger partial charge in [0.1, 0.15) is 5.82 Å². The van der Waals surface area contributed by atoms with E-state index in [4.69, 9.17) is 0 Å². The number of hydrogen-bond acceptors (Lipinski definition) is 5. The third kappa shape index (κ3) is 10.2. The fourth-order valence-electron chi connectivity index (χ4n) is 3.57. The van der Waals surface area contributed by atoms with Gasteiger partial charge in [-0.15, -0.1) is 0 Å². The van der Waals surface area contributed by atoms with Crippen LogP contribution >= 0.6 is 0 Å². The molecule has 3 aromatic rings. The zero-order valence-electron chi connectivity index (χ0n) is 20.4. The fourth-order valence-corrected chi connectivity index (χ4v) is 3.57. The van der Waals surface area contributed by atoms with Crippen LogP contribution in [-0.2, 0) is 14.4 Å². The van der Waals surface area contributed by atoms with Crippen LogP contribution in [0.5, 0.6) is 0 Å². The van der Waals surface area contributed by atoms with Gasteiger partial charge in [0.15, 0.2) is 0 Å². The predicted molar refractivity (Wildman–Crippen MR) is 140 cm³/mol. The normalized spacial score (nSPS) is 11.0. The molecule has 1 aromatic heterocycles. The summed E-state index contributed by atoms with van der Waals surface area (Å²) in [6.45, 7) is 0.494. The molecule has 1 radical (unpaired) electrons. The van der Waals surface area contributed by atoms with Crippen molar-refractivity contribution in [3.63, 3.8) is 0 Å². The van der Waals surface area contributed by atoms with E-state index in [1.165, 1.54) is 0 Å². The Hall–Kier alpha value is -3.20. The molecule has 0 saturated carbocycles. The van der Waals surface area contributed by atoms with Gasteiger partial charge in [0, 0.05) is 48.7 Å². The molecule has 1 unspecified atom stereocenters. The van der Waals surface area contributed by atoms with Gasteiger partial charge in [-0.05, 0) is 41.7 Å². The van der Waals surface area contributed by atoms with Crippen LogP contribution in [0.4, 0.5) is 5.82 Å². The molecular formula is C27H30N4NaO4. The number of rotatable bonds is 13. The molecule has 0 aliphatic carbocycles. The van der Waals surface area contributed by atoms with E-state index in [1.54, 1.807) is 6.20 Å². The molecule has 1 heterocycles. The number of amides is 2. The molecule has 8 nitrogen and oxygen atoms in total. The average Bonchev–Trinajstić information content (AvgIpc) is 2.88. The monoisotopic (exact) mass is 497 g/mol. The predicted octanol–water partition coefficient (Wildman–Crippen LogP) is 3.40. The first-order chi connectivity index (χ1) is 17.0. The Morgan fingerprint density at radius 2 is 1.53 bits per heavy atom. The molecule has 36 heavy (non-hydrogen) atoms. The second-order valence-electron chi connectivity index (χ2n) is 8.08. The molecule has 0 bridgehead atoms. The first-order valence-electron chi connectivity index (χ1n) is 11.6. The van der Waals surface area contributed by atoms with Gasteiger partial charge in [0.25, 0.3) is 0 Å². The molecule has 2 aromatic carbocycles. The van der Waals surface area contributed by atoms with Crippen molar-refractivity contribution < 1.29 is 19.5 Å². The maximum Gasteiger partial charge on any atom is 0.305 e. The van der Waals surface area contributed by atoms with Gasteiger partial charge in [-0.1, -0.05) is 60.7 Å². The zero-order chi connectivity index (χ0) is 24.9. The Bertz CT molecular complexity index is 1100. The summed E-state index contributed by atoms with van der Waals surface area (Å²) in [5.41, 5.74) is 2.73. The first-order valence-corrected chi connectivity index (χ1v) is 11.6. The average molecular weight is 498 g/mol. The van der Waals surface area contributed by atoms with E-state index in [1.807, 2.05) is 72.8 Å². The number of pyridine rings is 1. The Morgan fingerprint density at radius 3 is 2.19 bits per heavy atom. The van der Waals surface area contributed by atoms with E-state index in [9.17, 15) is 19.5 Å². The number of unbranched alkanes of at least 4 members (excludes halogenated alkanes) is 1. The summed E-state index contributed by atoms with van der Waals surface area (Å²) in [5.74, 6) is -0.890. The van der Waals surface area contributed by atoms with Crippen LogP contribution in [-0.4, -0.2) is 70.5 Å². The standard InChI is InChI=1S/C27H30N4O4.Na/c32-25(11-5-7-17-29-24-10-4-6-16-28-24)30-19-26(33)31-23(18-27(34)35)22-14-12-21(13-15-22)20-8-2-1-3-9-20;/h1-4,6,8-10,12-16,23H,5,7,11,17-19H2,(H,28,29)(H,30,32)(H,31,33)(H,34,35);. The molecule has 4 N–H and O–H groups in total. The maximum absolute atomic E-state index is 12.4. The van der Waals surface area contributed by atoms with Crippen LogP contribution < -0.4 is 16.0 Å². The minimum atomic E-state index is -1.02. The van der Waals surface area contributed by atoms with Crippen molar-refractivity contribution in [3.8, 4) is 11.1 Å². The number of nitrogens with one attached hydrogen (secondary N) is 3. The summed E-state index contributed by atoms with van der Waals surface area (Å²) in [6, 6.07) is 22.2. The number of carbonyl (C=O) groups excluding carboxylic acids is 2. The van der Waals surface area contributed by atoms with E-state index in [2.05, 4.69) is 20.9 Å². The van der Waals surface area contributed by atoms with Crippen molar-refractivity contribution in [1.29, 1.82) is 0 Å². The van der Waals surface area contributed by atoms with Gasteiger partial charge in [-0.3, -0.25) is 14.4 Å². The number of benzene rings is 2. The molecule has 0 aliphatic rings. The largest absolute Gasteiger partial charge is 0.481 e. The molecule has 0 fully saturated rings. The fraction of sp³-hybridized carbons (Fsp3) is 0.259. The number of aromatic nitrogens is 1. The topological polar surface area (TPSA) is 120 Å². The van der Waals surface area contributed by atoms with Crippen LogP contribution in [0.15, 0.2) is 79.0 Å². The number of aliphatic carboxylic acids is 1. The molecule has 3 rings (SSSR count). The van der Waals surface area contributed by atoms with Gasteiger partial charge in [-0.25, -0.2) is 4.98 Å². The molecule has 0 spiro atoms. The number of hydrogen-bond donors (Lipinski definition) is 4. The minimum absolute atomic E-state index is 0. The number of nitrogens with zero attached hydrogens (tertiary/aromatic N) is 1. The van der Waals surface area contributed by atoms with Crippen LogP contribution in [0.25, 0.3) is 11.1 Å². The van der Waals surface area contributed by atoms with Crippen molar-refractivity contribution in [2.75, 3.05) is 18.4 Å². The van der Waals surface area contributed by atoms with Gasteiger partial charge in [0.05, 0.1) is 19.0 Å². The summed E-state index contributed by atoms with van der Waals surface area (Å²) < 4.78 is 0. The third-order valence-corrected chi connectivity index (χ3v) is 5.38. The SMILES string of the molecule is O=C(O)CC(NC(=O)CNC(=O)CCCCNc1ccccn1)c1ccc(-c2ccccc2)cc1.[Na]. The van der Waals surface area contributed by atoms with Crippen molar-refractivity contribution >= 4 is 53.2 Å². The van der Waals surface area contributed by atoms with Crippen LogP contribution in [0, 0.1) is 0 Å². The number of anilines is 1. The van der Waals surface area contributed by atoms with Crippen molar-refractivity contribution in [1.82, 2.24) is 15.6 Å². The molecular weight excluding hydrogens is 467 g/mol. The maximum atomic E-state index is 12.4. The zero-order valence-corrected chi connectivity index (χ0v) is 22.4. The number of carboxylic acid groups (broad SMARTS) is 1. The molecule has 183 valence electrons. The van der Waals surface area contributed by atoms with E-state index < -0.39 is 17.9 Å². The Labute approximate surface area is 233 Å². The third-order valence-electron chi connectivity index (χ3n) is 5.38. The van der Waals surface area contributed by atoms with Crippen molar-refractivity contribution in [3.05, 3.63) is 84.6 Å².